The molecule has 1 aliphatic rings. The first-order chi connectivity index (χ1) is 8.55. The first-order valence-electron chi connectivity index (χ1n) is 6.79. The van der Waals surface area contributed by atoms with Crippen molar-refractivity contribution in [1.82, 2.24) is 0 Å². The van der Waals surface area contributed by atoms with Gasteiger partial charge in [0.1, 0.15) is 5.82 Å². The van der Waals surface area contributed by atoms with Gasteiger partial charge in [-0.25, -0.2) is 4.39 Å². The van der Waals surface area contributed by atoms with Crippen LogP contribution in [0.1, 0.15) is 33.1 Å². The molecule has 0 heterocycles. The van der Waals surface area contributed by atoms with Crippen LogP contribution in [0.15, 0.2) is 24.3 Å². The van der Waals surface area contributed by atoms with E-state index >= 15 is 0 Å². The molecule has 2 nitrogen and oxygen atoms in total. The number of hydrogen-bond acceptors (Lipinski definition) is 2. The van der Waals surface area contributed by atoms with Crippen molar-refractivity contribution in [3.63, 3.8) is 0 Å². The molecule has 1 saturated carbocycles. The lowest BCUT2D eigenvalue weighted by Crippen LogP contribution is -2.53. The average Bonchev–Trinajstić information content (AvgIpc) is 2.33. The molecule has 1 fully saturated rings. The molecule has 3 heteroatoms. The quantitative estimate of drug-likeness (QED) is 0.863. The lowest BCUT2D eigenvalue weighted by atomic mass is 9.70. The third-order valence-corrected chi connectivity index (χ3v) is 4.36. The number of nitrogens with one attached hydrogen (secondary N) is 1. The van der Waals surface area contributed by atoms with Crippen LogP contribution < -0.4 is 11.1 Å². The van der Waals surface area contributed by atoms with Crippen LogP contribution in [0.5, 0.6) is 0 Å². The number of hydrogen-bond donors (Lipinski definition) is 2. The van der Waals surface area contributed by atoms with Gasteiger partial charge in [0, 0.05) is 12.2 Å². The molecule has 3 atom stereocenters. The van der Waals surface area contributed by atoms with Crippen molar-refractivity contribution >= 4 is 5.69 Å². The molecule has 1 aliphatic carbocycles. The van der Waals surface area contributed by atoms with Gasteiger partial charge in [0.25, 0.3) is 0 Å². The van der Waals surface area contributed by atoms with E-state index in [1.165, 1.54) is 18.9 Å². The highest BCUT2D eigenvalue weighted by Gasteiger charge is 2.39. The zero-order chi connectivity index (χ0) is 13.2. The van der Waals surface area contributed by atoms with Gasteiger partial charge in [0.05, 0.1) is 5.54 Å². The molecule has 0 spiro atoms. The van der Waals surface area contributed by atoms with Gasteiger partial charge >= 0.3 is 0 Å². The molecule has 0 bridgehead atoms. The van der Waals surface area contributed by atoms with Gasteiger partial charge in [-0.3, -0.25) is 0 Å². The summed E-state index contributed by atoms with van der Waals surface area (Å²) in [6.07, 6.45) is 3.42. The van der Waals surface area contributed by atoms with Crippen LogP contribution >= 0.6 is 0 Å². The summed E-state index contributed by atoms with van der Waals surface area (Å²) in [5, 5.41) is 3.49. The molecule has 100 valence electrons. The average molecular weight is 250 g/mol. The van der Waals surface area contributed by atoms with Gasteiger partial charge in [-0.1, -0.05) is 19.9 Å². The topological polar surface area (TPSA) is 38.0 Å². The van der Waals surface area contributed by atoms with Gasteiger partial charge in [-0.05, 0) is 49.3 Å². The van der Waals surface area contributed by atoms with E-state index in [9.17, 15) is 4.39 Å². The predicted octanol–water partition coefficient (Wildman–Crippen LogP) is 3.39. The standard InChI is InChI=1S/C15H23FN2/c1-11-6-7-15(10-17,12(2)8-11)18-14-5-3-4-13(16)9-14/h3-5,9,11-12,18H,6-8,10,17H2,1-2H3. The van der Waals surface area contributed by atoms with Crippen LogP contribution in [-0.2, 0) is 0 Å². The molecule has 0 aliphatic heterocycles. The summed E-state index contributed by atoms with van der Waals surface area (Å²) in [5.74, 6) is 1.06. The Hall–Kier alpha value is -1.09. The highest BCUT2D eigenvalue weighted by atomic mass is 19.1. The van der Waals surface area contributed by atoms with E-state index < -0.39 is 0 Å². The number of rotatable bonds is 3. The Morgan fingerprint density at radius 3 is 2.83 bits per heavy atom. The van der Waals surface area contributed by atoms with Gasteiger partial charge in [-0.2, -0.15) is 0 Å². The van der Waals surface area contributed by atoms with Crippen molar-refractivity contribution in [1.29, 1.82) is 0 Å². The SMILES string of the molecule is CC1CCC(CN)(Nc2cccc(F)c2)C(C)C1. The Bertz CT molecular complexity index is 407. The Morgan fingerprint density at radius 1 is 1.44 bits per heavy atom. The number of benzene rings is 1. The van der Waals surface area contributed by atoms with Gasteiger partial charge in [0.15, 0.2) is 0 Å². The zero-order valence-corrected chi connectivity index (χ0v) is 11.2. The molecule has 2 rings (SSSR count). The second kappa shape index (κ2) is 5.27. The molecule has 3 N–H and O–H groups in total. The van der Waals surface area contributed by atoms with Crippen molar-refractivity contribution < 1.29 is 4.39 Å². The maximum atomic E-state index is 13.2. The summed E-state index contributed by atoms with van der Waals surface area (Å²) < 4.78 is 13.2. The third-order valence-electron chi connectivity index (χ3n) is 4.36. The Balaban J connectivity index is 2.18. The predicted molar refractivity (Wildman–Crippen MR) is 74.0 cm³/mol. The number of anilines is 1. The van der Waals surface area contributed by atoms with Crippen molar-refractivity contribution in [3.05, 3.63) is 30.1 Å². The largest absolute Gasteiger partial charge is 0.378 e. The minimum Gasteiger partial charge on any atom is -0.378 e. The molecular formula is C15H23FN2. The van der Waals surface area contributed by atoms with Gasteiger partial charge < -0.3 is 11.1 Å². The summed E-state index contributed by atoms with van der Waals surface area (Å²) in [4.78, 5) is 0. The van der Waals surface area contributed by atoms with Crippen LogP contribution in [0.2, 0.25) is 0 Å². The van der Waals surface area contributed by atoms with E-state index in [0.29, 0.717) is 12.5 Å². The van der Waals surface area contributed by atoms with E-state index in [4.69, 9.17) is 5.73 Å². The normalized spacial score (nSPS) is 32.2. The first-order valence-corrected chi connectivity index (χ1v) is 6.79. The maximum Gasteiger partial charge on any atom is 0.125 e. The summed E-state index contributed by atoms with van der Waals surface area (Å²) in [6.45, 7) is 5.13. The summed E-state index contributed by atoms with van der Waals surface area (Å²) >= 11 is 0. The van der Waals surface area contributed by atoms with Crippen molar-refractivity contribution in [2.75, 3.05) is 11.9 Å². The van der Waals surface area contributed by atoms with E-state index in [1.807, 2.05) is 6.07 Å². The highest BCUT2D eigenvalue weighted by Crippen LogP contribution is 2.38. The van der Waals surface area contributed by atoms with Crippen molar-refractivity contribution in [2.45, 2.75) is 38.6 Å². The fourth-order valence-corrected chi connectivity index (χ4v) is 3.09. The maximum absolute atomic E-state index is 13.2. The number of halogens is 1. The fourth-order valence-electron chi connectivity index (χ4n) is 3.09. The Labute approximate surface area is 109 Å². The molecule has 1 aromatic rings. The van der Waals surface area contributed by atoms with Crippen molar-refractivity contribution in [2.24, 2.45) is 17.6 Å². The lowest BCUT2D eigenvalue weighted by molar-refractivity contribution is 0.189. The highest BCUT2D eigenvalue weighted by molar-refractivity contribution is 5.46. The molecule has 0 radical (unpaired) electrons. The van der Waals surface area contributed by atoms with Crippen LogP contribution in [0, 0.1) is 17.7 Å². The molecular weight excluding hydrogens is 227 g/mol. The Kier molecular flexibility index (Phi) is 3.91. The molecule has 0 amide bonds. The van der Waals surface area contributed by atoms with Gasteiger partial charge in [-0.15, -0.1) is 0 Å². The summed E-state index contributed by atoms with van der Waals surface area (Å²) in [5.41, 5.74) is 6.76. The summed E-state index contributed by atoms with van der Waals surface area (Å²) in [7, 11) is 0. The lowest BCUT2D eigenvalue weighted by Gasteiger charge is -2.45. The van der Waals surface area contributed by atoms with E-state index in [1.54, 1.807) is 12.1 Å². The second-order valence-corrected chi connectivity index (χ2v) is 5.78. The number of nitrogens with two attached hydrogens (primary N) is 1. The van der Waals surface area contributed by atoms with E-state index in [2.05, 4.69) is 19.2 Å². The van der Waals surface area contributed by atoms with Crippen molar-refractivity contribution in [3.8, 4) is 0 Å². The molecule has 1 aromatic carbocycles. The minimum absolute atomic E-state index is 0.0830. The Morgan fingerprint density at radius 2 is 2.22 bits per heavy atom. The van der Waals surface area contributed by atoms with E-state index in [0.717, 1.165) is 18.0 Å². The van der Waals surface area contributed by atoms with E-state index in [-0.39, 0.29) is 11.4 Å². The second-order valence-electron chi connectivity index (χ2n) is 5.78. The van der Waals surface area contributed by atoms with Crippen LogP contribution in [0.3, 0.4) is 0 Å². The molecule has 0 saturated heterocycles. The smallest absolute Gasteiger partial charge is 0.125 e. The molecule has 3 unspecified atom stereocenters. The van der Waals surface area contributed by atoms with Crippen LogP contribution in [0.4, 0.5) is 10.1 Å². The molecule has 18 heavy (non-hydrogen) atoms. The first kappa shape index (κ1) is 13.3. The van der Waals surface area contributed by atoms with Crippen LogP contribution in [0.25, 0.3) is 0 Å². The van der Waals surface area contributed by atoms with Gasteiger partial charge in [0.2, 0.25) is 0 Å². The fraction of sp³-hybridized carbons (Fsp3) is 0.600. The summed E-state index contributed by atoms with van der Waals surface area (Å²) in [6, 6.07) is 6.65. The molecule has 0 aromatic heterocycles. The zero-order valence-electron chi connectivity index (χ0n) is 11.2. The third kappa shape index (κ3) is 2.66. The minimum atomic E-state index is -0.205. The monoisotopic (exact) mass is 250 g/mol. The van der Waals surface area contributed by atoms with Crippen LogP contribution in [-0.4, -0.2) is 12.1 Å².